The van der Waals surface area contributed by atoms with Gasteiger partial charge in [0.2, 0.25) is 0 Å². The molecule has 194 valence electrons. The van der Waals surface area contributed by atoms with Gasteiger partial charge in [-0.15, -0.1) is 0 Å². The van der Waals surface area contributed by atoms with Crippen molar-refractivity contribution in [3.05, 3.63) is 46.4 Å². The van der Waals surface area contributed by atoms with E-state index in [1.165, 1.54) is 24.4 Å². The molecule has 0 bridgehead atoms. The molecule has 1 saturated carbocycles. The van der Waals surface area contributed by atoms with Crippen molar-refractivity contribution >= 4 is 17.5 Å². The van der Waals surface area contributed by atoms with Crippen LogP contribution in [0.3, 0.4) is 0 Å². The van der Waals surface area contributed by atoms with Crippen molar-refractivity contribution in [3.8, 4) is 28.8 Å². The van der Waals surface area contributed by atoms with Gasteiger partial charge in [0, 0.05) is 12.6 Å². The lowest BCUT2D eigenvalue weighted by Gasteiger charge is -2.18. The van der Waals surface area contributed by atoms with Crippen LogP contribution in [0.1, 0.15) is 40.8 Å². The number of carbonyl (C=O) groups is 1. The van der Waals surface area contributed by atoms with Crippen LogP contribution >= 0.6 is 11.6 Å². The van der Waals surface area contributed by atoms with Crippen molar-refractivity contribution < 1.29 is 35.9 Å². The average Bonchev–Trinajstić information content (AvgIpc) is 3.37. The third kappa shape index (κ3) is 3.88. The van der Waals surface area contributed by atoms with Crippen LogP contribution in [-0.2, 0) is 13.0 Å². The van der Waals surface area contributed by atoms with Crippen molar-refractivity contribution in [2.24, 2.45) is 7.05 Å². The molecule has 1 atom stereocenters. The monoisotopic (exact) mass is 544 g/mol. The van der Waals surface area contributed by atoms with Gasteiger partial charge in [0.25, 0.3) is 5.91 Å². The van der Waals surface area contributed by atoms with Crippen molar-refractivity contribution in [1.82, 2.24) is 24.9 Å². The Bertz CT molecular complexity index is 1470. The van der Waals surface area contributed by atoms with Gasteiger partial charge in [-0.25, -0.2) is 13.8 Å². The summed E-state index contributed by atoms with van der Waals surface area (Å²) in [5, 5.41) is 19.2. The molecule has 37 heavy (non-hydrogen) atoms. The summed E-state index contributed by atoms with van der Waals surface area (Å²) >= 11 is 6.18. The lowest BCUT2D eigenvalue weighted by Crippen LogP contribution is -2.35. The van der Waals surface area contributed by atoms with Crippen molar-refractivity contribution in [2.75, 3.05) is 6.61 Å². The van der Waals surface area contributed by atoms with Crippen LogP contribution in [0.4, 0.5) is 26.3 Å². The molecule has 3 heterocycles. The number of carbonyl (C=O) groups excluding carboxylic acids is 1. The molecule has 8 nitrogen and oxygen atoms in total. The van der Waals surface area contributed by atoms with Crippen molar-refractivity contribution in [3.63, 3.8) is 0 Å². The molecule has 1 unspecified atom stereocenters. The molecule has 3 aromatic rings. The number of nitriles is 1. The van der Waals surface area contributed by atoms with Crippen LogP contribution in [-0.4, -0.2) is 43.8 Å². The van der Waals surface area contributed by atoms with Gasteiger partial charge in [-0.2, -0.15) is 37.4 Å². The van der Waals surface area contributed by atoms with Crippen molar-refractivity contribution in [1.29, 1.82) is 5.26 Å². The minimum Gasteiger partial charge on any atom is -0.484 e. The maximum absolute atomic E-state index is 15.3. The summed E-state index contributed by atoms with van der Waals surface area (Å²) in [5.41, 5.74) is -2.54. The van der Waals surface area contributed by atoms with E-state index in [9.17, 15) is 32.0 Å². The predicted octanol–water partition coefficient (Wildman–Crippen LogP) is 4.77. The number of ether oxygens (including phenoxy) is 1. The highest BCUT2D eigenvalue weighted by molar-refractivity contribution is 6.34. The first-order valence-electron chi connectivity index (χ1n) is 10.7. The Balaban J connectivity index is 1.61. The standard InChI is InChI=1S/C22H15ClF6N6O2/c1-34-19-16(17(33-34)21(25,26)22(27,28)29)37-8-14(24)15-12(7-31-35(15)19)10-2-3-13(23)11(6-10)18(36)32-20(9-30)4-5-20/h2-3,6-7,14H,4-5,8H2,1H3,(H,32,36). The third-order valence-corrected chi connectivity index (χ3v) is 6.47. The fourth-order valence-corrected chi connectivity index (χ4v) is 4.23. The van der Waals surface area contributed by atoms with Gasteiger partial charge < -0.3 is 10.1 Å². The summed E-state index contributed by atoms with van der Waals surface area (Å²) in [7, 11) is 1.09. The van der Waals surface area contributed by atoms with E-state index in [1.807, 2.05) is 6.07 Å². The summed E-state index contributed by atoms with van der Waals surface area (Å²) in [6.07, 6.45) is -5.83. The van der Waals surface area contributed by atoms with Crippen LogP contribution in [0, 0.1) is 11.3 Å². The maximum atomic E-state index is 15.3. The van der Waals surface area contributed by atoms with Crippen LogP contribution in [0.5, 0.6) is 5.75 Å². The van der Waals surface area contributed by atoms with Gasteiger partial charge in [0.1, 0.15) is 12.1 Å². The second kappa shape index (κ2) is 8.14. The minimum absolute atomic E-state index is 0.00532. The predicted molar refractivity (Wildman–Crippen MR) is 115 cm³/mol. The number of nitrogens with one attached hydrogen (secondary N) is 1. The molecule has 1 aliphatic heterocycles. The lowest BCUT2D eigenvalue weighted by molar-refractivity contribution is -0.291. The van der Waals surface area contributed by atoms with Crippen LogP contribution in [0.2, 0.25) is 5.02 Å². The number of amides is 1. The van der Waals surface area contributed by atoms with Gasteiger partial charge >= 0.3 is 12.1 Å². The Morgan fingerprint density at radius 2 is 2.00 bits per heavy atom. The fourth-order valence-electron chi connectivity index (χ4n) is 4.03. The Labute approximate surface area is 209 Å². The minimum atomic E-state index is -5.97. The molecule has 5 rings (SSSR count). The van der Waals surface area contributed by atoms with E-state index in [0.717, 1.165) is 11.7 Å². The second-order valence-electron chi connectivity index (χ2n) is 8.67. The number of rotatable bonds is 4. The number of nitrogens with zero attached hydrogens (tertiary/aromatic N) is 5. The Morgan fingerprint density at radius 1 is 1.30 bits per heavy atom. The highest BCUT2D eigenvalue weighted by atomic mass is 35.5. The molecule has 0 radical (unpaired) electrons. The highest BCUT2D eigenvalue weighted by Crippen LogP contribution is 2.49. The summed E-state index contributed by atoms with van der Waals surface area (Å²) in [5.74, 6) is -7.39. The van der Waals surface area contributed by atoms with Gasteiger partial charge in [-0.3, -0.25) is 4.79 Å². The molecule has 0 spiro atoms. The zero-order valence-corrected chi connectivity index (χ0v) is 19.5. The molecule has 2 aromatic heterocycles. The van der Waals surface area contributed by atoms with E-state index in [4.69, 9.17) is 16.3 Å². The third-order valence-electron chi connectivity index (χ3n) is 6.14. The zero-order chi connectivity index (χ0) is 26.9. The van der Waals surface area contributed by atoms with Gasteiger partial charge in [-0.05, 0) is 30.5 Å². The number of alkyl halides is 6. The Morgan fingerprint density at radius 3 is 2.62 bits per heavy atom. The molecular formula is C22H15ClF6N6O2. The highest BCUT2D eigenvalue weighted by Gasteiger charge is 2.63. The molecule has 1 fully saturated rings. The first kappa shape index (κ1) is 24.9. The zero-order valence-electron chi connectivity index (χ0n) is 18.7. The number of fused-ring (bicyclic) bond motifs is 3. The van der Waals surface area contributed by atoms with Gasteiger partial charge in [-0.1, -0.05) is 17.7 Å². The second-order valence-corrected chi connectivity index (χ2v) is 9.08. The topological polar surface area (TPSA) is 97.8 Å². The number of halogens is 7. The molecule has 15 heteroatoms. The van der Waals surface area contributed by atoms with Crippen LogP contribution in [0.25, 0.3) is 16.9 Å². The van der Waals surface area contributed by atoms with Crippen LogP contribution in [0.15, 0.2) is 24.4 Å². The summed E-state index contributed by atoms with van der Waals surface area (Å²) in [6.45, 7) is -0.899. The molecule has 1 aromatic carbocycles. The largest absolute Gasteiger partial charge is 0.484 e. The number of aryl methyl sites for hydroxylation is 1. The molecule has 1 amide bonds. The van der Waals surface area contributed by atoms with E-state index in [0.29, 0.717) is 17.5 Å². The fraction of sp³-hybridized carbons (Fsp3) is 0.364. The summed E-state index contributed by atoms with van der Waals surface area (Å²) in [4.78, 5) is 12.8. The quantitative estimate of drug-likeness (QED) is 0.477. The molecule has 1 aliphatic carbocycles. The lowest BCUT2D eigenvalue weighted by atomic mass is 10.0. The van der Waals surface area contributed by atoms with E-state index < -0.39 is 53.6 Å². The van der Waals surface area contributed by atoms with Crippen molar-refractivity contribution in [2.45, 2.75) is 36.7 Å². The maximum Gasteiger partial charge on any atom is 0.459 e. The summed E-state index contributed by atoms with van der Waals surface area (Å²) in [6, 6.07) is 6.20. The van der Waals surface area contributed by atoms with E-state index in [-0.39, 0.29) is 27.4 Å². The number of hydrogen-bond donors (Lipinski definition) is 1. The van der Waals surface area contributed by atoms with E-state index in [2.05, 4.69) is 15.5 Å². The smallest absolute Gasteiger partial charge is 0.459 e. The van der Waals surface area contributed by atoms with E-state index in [1.54, 1.807) is 0 Å². The Kier molecular flexibility index (Phi) is 5.49. The van der Waals surface area contributed by atoms with E-state index >= 15 is 4.39 Å². The normalized spacial score (nSPS) is 18.2. The van der Waals surface area contributed by atoms with Crippen LogP contribution < -0.4 is 10.1 Å². The number of hydrogen-bond acceptors (Lipinski definition) is 5. The SMILES string of the molecule is Cn1nc(C(F)(F)C(F)(F)F)c2c1-n1ncc(-c3ccc(Cl)c(C(=O)NC4(C#N)CC4)c3)c1C(F)CO2. The Hall–Kier alpha value is -3.73. The summed E-state index contributed by atoms with van der Waals surface area (Å²) < 4.78 is 89.4. The average molecular weight is 545 g/mol. The number of benzene rings is 1. The first-order chi connectivity index (χ1) is 17.3. The van der Waals surface area contributed by atoms with Gasteiger partial charge in [0.15, 0.2) is 23.4 Å². The molecule has 2 aliphatic rings. The molecule has 1 N–H and O–H groups in total. The first-order valence-corrected chi connectivity index (χ1v) is 11.1. The molecular weight excluding hydrogens is 530 g/mol. The van der Waals surface area contributed by atoms with Gasteiger partial charge in [0.05, 0.1) is 28.5 Å². The number of aromatic nitrogens is 4. The molecule has 0 saturated heterocycles.